The van der Waals surface area contributed by atoms with Gasteiger partial charge in [-0.2, -0.15) is 0 Å². The Kier molecular flexibility index (Phi) is 4.39. The average Bonchev–Trinajstić information content (AvgIpc) is 3.19. The zero-order valence-corrected chi connectivity index (χ0v) is 14.6. The number of amides is 1. The van der Waals surface area contributed by atoms with Crippen LogP contribution in [-0.4, -0.2) is 59.4 Å². The normalized spacial score (nSPS) is 23.7. The van der Waals surface area contributed by atoms with Gasteiger partial charge in [0.1, 0.15) is 11.4 Å². The van der Waals surface area contributed by atoms with Crippen LogP contribution in [0.4, 0.5) is 0 Å². The van der Waals surface area contributed by atoms with Crippen LogP contribution in [-0.2, 0) is 0 Å². The Morgan fingerprint density at radius 1 is 1.36 bits per heavy atom. The number of aliphatic hydroxyl groups is 1. The van der Waals surface area contributed by atoms with Crippen LogP contribution in [0.3, 0.4) is 0 Å². The molecule has 1 amide bonds. The van der Waals surface area contributed by atoms with Crippen LogP contribution in [0.15, 0.2) is 24.3 Å². The van der Waals surface area contributed by atoms with Gasteiger partial charge in [0.25, 0.3) is 5.91 Å². The molecule has 134 valence electrons. The minimum atomic E-state index is -0.163. The van der Waals surface area contributed by atoms with E-state index in [1.165, 1.54) is 0 Å². The van der Waals surface area contributed by atoms with Gasteiger partial charge in [-0.05, 0) is 44.0 Å². The van der Waals surface area contributed by atoms with Gasteiger partial charge in [-0.3, -0.25) is 4.79 Å². The molecule has 2 aromatic rings. The number of nitrogens with one attached hydrogen (secondary N) is 1. The number of β-amino-alcohol motifs (C(OH)–C–C–N with tert-alkyl or cyclic N) is 1. The second-order valence-electron chi connectivity index (χ2n) is 7.12. The van der Waals surface area contributed by atoms with Crippen LogP contribution >= 0.6 is 0 Å². The van der Waals surface area contributed by atoms with Crippen molar-refractivity contribution < 1.29 is 14.6 Å². The molecular weight excluding hydrogens is 318 g/mol. The van der Waals surface area contributed by atoms with Gasteiger partial charge in [0.15, 0.2) is 0 Å². The van der Waals surface area contributed by atoms with Crippen molar-refractivity contribution in [2.45, 2.75) is 31.9 Å². The summed E-state index contributed by atoms with van der Waals surface area (Å²) in [5.41, 5.74) is 1.80. The van der Waals surface area contributed by atoms with E-state index in [4.69, 9.17) is 4.74 Å². The third kappa shape index (κ3) is 3.24. The first-order valence-electron chi connectivity index (χ1n) is 9.08. The highest BCUT2D eigenvalue weighted by atomic mass is 16.5. The molecule has 6 heteroatoms. The van der Waals surface area contributed by atoms with Crippen LogP contribution in [0.2, 0.25) is 0 Å². The molecule has 2 aliphatic heterocycles. The van der Waals surface area contributed by atoms with Gasteiger partial charge in [0.2, 0.25) is 0 Å². The summed E-state index contributed by atoms with van der Waals surface area (Å²) in [6.45, 7) is 6.15. The maximum Gasteiger partial charge on any atom is 0.268 e. The first kappa shape index (κ1) is 16.4. The first-order chi connectivity index (χ1) is 12.1. The number of hydrogen-bond acceptors (Lipinski definition) is 4. The van der Waals surface area contributed by atoms with Crippen molar-refractivity contribution in [3.63, 3.8) is 0 Å². The molecule has 4 rings (SSSR count). The van der Waals surface area contributed by atoms with Gasteiger partial charge in [0.05, 0.1) is 12.7 Å². The molecule has 1 saturated heterocycles. The number of rotatable bonds is 5. The summed E-state index contributed by atoms with van der Waals surface area (Å²) < 4.78 is 8.00. The highest BCUT2D eigenvalue weighted by Gasteiger charge is 2.24. The molecule has 1 aromatic heterocycles. The molecular formula is C19H25N3O3. The van der Waals surface area contributed by atoms with E-state index in [1.807, 2.05) is 24.3 Å². The maximum absolute atomic E-state index is 12.1. The Hall–Kier alpha value is -2.05. The number of fused-ring (bicyclic) bond motifs is 3. The fourth-order valence-electron chi connectivity index (χ4n) is 3.87. The molecule has 0 radical (unpaired) electrons. The van der Waals surface area contributed by atoms with E-state index in [-0.39, 0.29) is 18.1 Å². The number of benzene rings is 1. The van der Waals surface area contributed by atoms with E-state index >= 15 is 0 Å². The van der Waals surface area contributed by atoms with Gasteiger partial charge >= 0.3 is 0 Å². The minimum Gasteiger partial charge on any atom is -0.494 e. The Morgan fingerprint density at radius 2 is 2.24 bits per heavy atom. The lowest BCUT2D eigenvalue weighted by molar-refractivity contribution is 0.0919. The second-order valence-corrected chi connectivity index (χ2v) is 7.12. The number of likely N-dealkylation sites (tertiary alicyclic amines) is 1. The minimum absolute atomic E-state index is 0.00966. The summed E-state index contributed by atoms with van der Waals surface area (Å²) in [6, 6.07) is 8.24. The number of aromatic nitrogens is 1. The topological polar surface area (TPSA) is 66.7 Å². The van der Waals surface area contributed by atoms with E-state index in [9.17, 15) is 9.90 Å². The first-order valence-corrected chi connectivity index (χ1v) is 9.08. The molecule has 1 fully saturated rings. The molecule has 2 unspecified atom stereocenters. The van der Waals surface area contributed by atoms with Crippen molar-refractivity contribution in [2.24, 2.45) is 0 Å². The van der Waals surface area contributed by atoms with Gasteiger partial charge in [-0.1, -0.05) is 0 Å². The van der Waals surface area contributed by atoms with E-state index in [0.717, 1.165) is 54.8 Å². The smallest absolute Gasteiger partial charge is 0.268 e. The number of carbonyl (C=O) groups is 1. The third-order valence-electron chi connectivity index (χ3n) is 5.18. The summed E-state index contributed by atoms with van der Waals surface area (Å²) in [7, 11) is 0. The zero-order valence-electron chi connectivity index (χ0n) is 14.6. The van der Waals surface area contributed by atoms with Crippen LogP contribution in [0.1, 0.15) is 36.3 Å². The highest BCUT2D eigenvalue weighted by molar-refractivity contribution is 6.00. The molecule has 3 heterocycles. The van der Waals surface area contributed by atoms with Gasteiger partial charge in [0, 0.05) is 43.1 Å². The summed E-state index contributed by atoms with van der Waals surface area (Å²) >= 11 is 0. The van der Waals surface area contributed by atoms with Gasteiger partial charge in [-0.15, -0.1) is 0 Å². The van der Waals surface area contributed by atoms with E-state index in [1.54, 1.807) is 0 Å². The molecule has 0 spiro atoms. The summed E-state index contributed by atoms with van der Waals surface area (Å²) in [4.78, 5) is 14.3. The Labute approximate surface area is 147 Å². The fourth-order valence-corrected chi connectivity index (χ4v) is 3.87. The lowest BCUT2D eigenvalue weighted by atomic mass is 10.2. The number of carbonyl (C=O) groups excluding carboxylic acids is 1. The molecule has 2 aliphatic rings. The summed E-state index contributed by atoms with van der Waals surface area (Å²) in [5.74, 6) is 0.828. The molecule has 25 heavy (non-hydrogen) atoms. The average molecular weight is 343 g/mol. The van der Waals surface area contributed by atoms with E-state index < -0.39 is 0 Å². The largest absolute Gasteiger partial charge is 0.494 e. The molecule has 2 atom stereocenters. The monoisotopic (exact) mass is 343 g/mol. The van der Waals surface area contributed by atoms with Crippen molar-refractivity contribution in [3.8, 4) is 5.75 Å². The highest BCUT2D eigenvalue weighted by Crippen LogP contribution is 2.29. The molecule has 2 N–H and O–H groups in total. The summed E-state index contributed by atoms with van der Waals surface area (Å²) in [6.07, 6.45) is 1.66. The Balaban J connectivity index is 1.41. The van der Waals surface area contributed by atoms with Crippen molar-refractivity contribution in [3.05, 3.63) is 30.0 Å². The standard InChI is InChI=1S/C19H25N3O3/c1-13-11-20-19(24)18-10-14-9-16(3-4-17(14)22(13)18)25-8-2-6-21-7-5-15(23)12-21/h3-4,9-10,13,15,23H,2,5-8,11-12H2,1H3,(H,20,24). The molecule has 0 saturated carbocycles. The van der Waals surface area contributed by atoms with Crippen LogP contribution in [0, 0.1) is 0 Å². The Morgan fingerprint density at radius 3 is 3.04 bits per heavy atom. The van der Waals surface area contributed by atoms with Crippen LogP contribution < -0.4 is 10.1 Å². The lowest BCUT2D eigenvalue weighted by Crippen LogP contribution is -2.37. The van der Waals surface area contributed by atoms with Gasteiger partial charge < -0.3 is 24.6 Å². The van der Waals surface area contributed by atoms with Crippen LogP contribution in [0.5, 0.6) is 5.75 Å². The molecule has 1 aromatic carbocycles. The summed E-state index contributed by atoms with van der Waals surface area (Å²) in [5, 5.41) is 13.5. The third-order valence-corrected chi connectivity index (χ3v) is 5.18. The fraction of sp³-hybridized carbons (Fsp3) is 0.526. The molecule has 0 bridgehead atoms. The molecule has 6 nitrogen and oxygen atoms in total. The van der Waals surface area contributed by atoms with Crippen molar-refractivity contribution in [1.82, 2.24) is 14.8 Å². The number of hydrogen-bond donors (Lipinski definition) is 2. The van der Waals surface area contributed by atoms with Crippen molar-refractivity contribution >= 4 is 16.8 Å². The second kappa shape index (κ2) is 6.69. The number of ether oxygens (including phenoxy) is 1. The molecule has 0 aliphatic carbocycles. The predicted octanol–water partition coefficient (Wildman–Crippen LogP) is 1.78. The van der Waals surface area contributed by atoms with Crippen LogP contribution in [0.25, 0.3) is 10.9 Å². The van der Waals surface area contributed by atoms with E-state index in [2.05, 4.69) is 21.7 Å². The SMILES string of the molecule is CC1CNC(=O)c2cc3cc(OCCCN4CCC(O)C4)ccc3n21. The maximum atomic E-state index is 12.1. The lowest BCUT2D eigenvalue weighted by Gasteiger charge is -2.24. The van der Waals surface area contributed by atoms with Crippen molar-refractivity contribution in [1.29, 1.82) is 0 Å². The Bertz CT molecular complexity index is 786. The van der Waals surface area contributed by atoms with Crippen molar-refractivity contribution in [2.75, 3.05) is 32.8 Å². The quantitative estimate of drug-likeness (QED) is 0.812. The van der Waals surface area contributed by atoms with E-state index in [0.29, 0.717) is 13.2 Å². The number of aliphatic hydroxyl groups excluding tert-OH is 1. The van der Waals surface area contributed by atoms with Gasteiger partial charge in [-0.25, -0.2) is 0 Å². The number of nitrogens with zero attached hydrogens (tertiary/aromatic N) is 2. The predicted molar refractivity (Wildman–Crippen MR) is 96.2 cm³/mol. The zero-order chi connectivity index (χ0) is 17.4.